The molecule has 1 N–H and O–H groups in total. The summed E-state index contributed by atoms with van der Waals surface area (Å²) < 4.78 is 5.10. The van der Waals surface area contributed by atoms with Crippen molar-refractivity contribution in [2.75, 3.05) is 20.7 Å². The zero-order valence-corrected chi connectivity index (χ0v) is 10.9. The fraction of sp³-hybridized carbons (Fsp3) is 0.692. The normalized spacial score (nSPS) is 19.1. The highest BCUT2D eigenvalue weighted by Gasteiger charge is 2.22. The maximum Gasteiger partial charge on any atom is 0.154 e. The lowest BCUT2D eigenvalue weighted by Crippen LogP contribution is -2.26. The van der Waals surface area contributed by atoms with Crippen molar-refractivity contribution in [3.63, 3.8) is 0 Å². The molecule has 4 heteroatoms. The molecule has 0 radical (unpaired) electrons. The average molecular weight is 235 g/mol. The first-order chi connectivity index (χ1) is 8.24. The molecule has 0 bridgehead atoms. The second-order valence-electron chi connectivity index (χ2n) is 4.75. The smallest absolute Gasteiger partial charge is 0.154 e. The van der Waals surface area contributed by atoms with Crippen molar-refractivity contribution in [3.8, 4) is 0 Å². The van der Waals surface area contributed by atoms with E-state index in [1.54, 1.807) is 7.11 Å². The number of fused-ring (bicyclic) bond motifs is 1. The lowest BCUT2D eigenvalue weighted by atomic mass is 9.86. The van der Waals surface area contributed by atoms with Crippen molar-refractivity contribution in [1.29, 1.82) is 0 Å². The molecule has 0 aliphatic heterocycles. The fourth-order valence-corrected chi connectivity index (χ4v) is 2.58. The molecule has 1 unspecified atom stereocenters. The van der Waals surface area contributed by atoms with Gasteiger partial charge in [-0.3, -0.25) is 0 Å². The van der Waals surface area contributed by atoms with E-state index in [4.69, 9.17) is 4.74 Å². The van der Waals surface area contributed by atoms with Crippen LogP contribution in [0, 0.1) is 12.8 Å². The number of nitrogens with one attached hydrogen (secondary N) is 1. The topological polar surface area (TPSA) is 47.0 Å². The molecule has 0 saturated heterocycles. The van der Waals surface area contributed by atoms with Crippen LogP contribution in [0.5, 0.6) is 0 Å². The third-order valence-electron chi connectivity index (χ3n) is 3.39. The summed E-state index contributed by atoms with van der Waals surface area (Å²) in [4.78, 5) is 9.12. The van der Waals surface area contributed by atoms with Gasteiger partial charge in [0, 0.05) is 18.5 Å². The van der Waals surface area contributed by atoms with Crippen molar-refractivity contribution < 1.29 is 4.74 Å². The number of hydrogen-bond acceptors (Lipinski definition) is 4. The van der Waals surface area contributed by atoms with Gasteiger partial charge in [-0.2, -0.15) is 0 Å². The summed E-state index contributed by atoms with van der Waals surface area (Å²) in [5.41, 5.74) is 3.72. The van der Waals surface area contributed by atoms with Crippen LogP contribution in [-0.2, 0) is 24.2 Å². The summed E-state index contributed by atoms with van der Waals surface area (Å²) >= 11 is 0. The van der Waals surface area contributed by atoms with Gasteiger partial charge in [0.1, 0.15) is 6.61 Å². The molecule has 0 fully saturated rings. The van der Waals surface area contributed by atoms with Crippen LogP contribution in [0.3, 0.4) is 0 Å². The van der Waals surface area contributed by atoms with E-state index in [0.29, 0.717) is 6.61 Å². The molecular weight excluding hydrogens is 214 g/mol. The Labute approximate surface area is 103 Å². The van der Waals surface area contributed by atoms with Gasteiger partial charge in [0.15, 0.2) is 5.82 Å². The zero-order chi connectivity index (χ0) is 12.3. The lowest BCUT2D eigenvalue weighted by molar-refractivity contribution is 0.177. The minimum Gasteiger partial charge on any atom is -0.377 e. The molecule has 4 nitrogen and oxygen atoms in total. The molecule has 17 heavy (non-hydrogen) atoms. The summed E-state index contributed by atoms with van der Waals surface area (Å²) in [5, 5.41) is 3.26. The monoisotopic (exact) mass is 235 g/mol. The highest BCUT2D eigenvalue weighted by molar-refractivity contribution is 5.28. The maximum absolute atomic E-state index is 5.10. The third-order valence-corrected chi connectivity index (χ3v) is 3.39. The van der Waals surface area contributed by atoms with E-state index in [-0.39, 0.29) is 0 Å². The van der Waals surface area contributed by atoms with E-state index in [9.17, 15) is 0 Å². The number of aromatic nitrogens is 2. The van der Waals surface area contributed by atoms with Gasteiger partial charge in [0.05, 0.1) is 0 Å². The van der Waals surface area contributed by atoms with Crippen LogP contribution in [0.15, 0.2) is 0 Å². The van der Waals surface area contributed by atoms with Crippen LogP contribution in [0.25, 0.3) is 0 Å². The Morgan fingerprint density at radius 1 is 1.41 bits per heavy atom. The highest BCUT2D eigenvalue weighted by Crippen LogP contribution is 2.25. The molecule has 1 aliphatic carbocycles. The van der Waals surface area contributed by atoms with Gasteiger partial charge >= 0.3 is 0 Å². The van der Waals surface area contributed by atoms with E-state index in [1.165, 1.54) is 17.7 Å². The van der Waals surface area contributed by atoms with Crippen molar-refractivity contribution in [1.82, 2.24) is 15.3 Å². The SMILES string of the molecule is CNCC1CCc2nc(COC)nc(C)c2C1. The molecule has 1 atom stereocenters. The number of methoxy groups -OCH3 is 1. The summed E-state index contributed by atoms with van der Waals surface area (Å²) in [6, 6.07) is 0. The van der Waals surface area contributed by atoms with Crippen LogP contribution in [0.2, 0.25) is 0 Å². The standard InChI is InChI=1S/C13H21N3O/c1-9-11-6-10(7-14-2)4-5-12(11)16-13(15-9)8-17-3/h10,14H,4-8H2,1-3H3. The molecule has 1 aliphatic rings. The van der Waals surface area contributed by atoms with Crippen LogP contribution >= 0.6 is 0 Å². The Bertz CT molecular complexity index is 392. The Hall–Kier alpha value is -1.00. The van der Waals surface area contributed by atoms with Gasteiger partial charge in [-0.05, 0) is 51.3 Å². The van der Waals surface area contributed by atoms with E-state index in [0.717, 1.165) is 36.8 Å². The summed E-state index contributed by atoms with van der Waals surface area (Å²) in [6.07, 6.45) is 3.40. The van der Waals surface area contributed by atoms with Gasteiger partial charge in [-0.25, -0.2) is 9.97 Å². The quantitative estimate of drug-likeness (QED) is 0.853. The molecule has 0 amide bonds. The average Bonchev–Trinajstić information content (AvgIpc) is 2.31. The molecule has 2 rings (SSSR count). The van der Waals surface area contributed by atoms with Crippen molar-refractivity contribution in [2.24, 2.45) is 5.92 Å². The first-order valence-electron chi connectivity index (χ1n) is 6.23. The van der Waals surface area contributed by atoms with E-state index < -0.39 is 0 Å². The predicted octanol–water partition coefficient (Wildman–Crippen LogP) is 1.26. The molecular formula is C13H21N3O. The van der Waals surface area contributed by atoms with Crippen LogP contribution in [0.1, 0.15) is 29.2 Å². The number of hydrogen-bond donors (Lipinski definition) is 1. The maximum atomic E-state index is 5.10. The number of rotatable bonds is 4. The Morgan fingerprint density at radius 3 is 2.94 bits per heavy atom. The minimum atomic E-state index is 0.508. The number of ether oxygens (including phenoxy) is 1. The van der Waals surface area contributed by atoms with E-state index in [2.05, 4.69) is 22.2 Å². The summed E-state index contributed by atoms with van der Waals surface area (Å²) in [7, 11) is 3.70. The molecule has 0 spiro atoms. The first-order valence-corrected chi connectivity index (χ1v) is 6.23. The van der Waals surface area contributed by atoms with Crippen LogP contribution in [0.4, 0.5) is 0 Å². The summed E-state index contributed by atoms with van der Waals surface area (Å²) in [6.45, 7) is 3.67. The minimum absolute atomic E-state index is 0.508. The first kappa shape index (κ1) is 12.5. The van der Waals surface area contributed by atoms with Gasteiger partial charge in [-0.1, -0.05) is 0 Å². The molecule has 0 saturated carbocycles. The highest BCUT2D eigenvalue weighted by atomic mass is 16.5. The molecule has 1 aromatic heterocycles. The van der Waals surface area contributed by atoms with Crippen LogP contribution < -0.4 is 5.32 Å². The van der Waals surface area contributed by atoms with Gasteiger partial charge in [0.25, 0.3) is 0 Å². The Morgan fingerprint density at radius 2 is 2.24 bits per heavy atom. The fourth-order valence-electron chi connectivity index (χ4n) is 2.58. The second kappa shape index (κ2) is 5.56. The Kier molecular flexibility index (Phi) is 4.07. The van der Waals surface area contributed by atoms with Crippen molar-refractivity contribution in [2.45, 2.75) is 32.8 Å². The van der Waals surface area contributed by atoms with Crippen molar-refractivity contribution in [3.05, 3.63) is 22.8 Å². The summed E-state index contributed by atoms with van der Waals surface area (Å²) in [5.74, 6) is 1.54. The third kappa shape index (κ3) is 2.82. The molecule has 1 aromatic rings. The molecule has 94 valence electrons. The molecule has 0 aromatic carbocycles. The Balaban J connectivity index is 2.21. The lowest BCUT2D eigenvalue weighted by Gasteiger charge is -2.25. The van der Waals surface area contributed by atoms with E-state index >= 15 is 0 Å². The zero-order valence-electron chi connectivity index (χ0n) is 10.9. The number of nitrogens with zero attached hydrogens (tertiary/aromatic N) is 2. The van der Waals surface area contributed by atoms with Gasteiger partial charge in [0.2, 0.25) is 0 Å². The van der Waals surface area contributed by atoms with Crippen molar-refractivity contribution >= 4 is 0 Å². The van der Waals surface area contributed by atoms with Crippen LogP contribution in [-0.4, -0.2) is 30.7 Å². The molecule has 1 heterocycles. The largest absolute Gasteiger partial charge is 0.377 e. The number of aryl methyl sites for hydroxylation is 2. The predicted molar refractivity (Wildman–Crippen MR) is 66.9 cm³/mol. The van der Waals surface area contributed by atoms with Gasteiger partial charge < -0.3 is 10.1 Å². The van der Waals surface area contributed by atoms with E-state index in [1.807, 2.05) is 7.05 Å². The second-order valence-corrected chi connectivity index (χ2v) is 4.75. The van der Waals surface area contributed by atoms with Gasteiger partial charge in [-0.15, -0.1) is 0 Å².